The number of para-hydroxylation sites is 1. The van der Waals surface area contributed by atoms with E-state index in [1.54, 1.807) is 0 Å². The maximum atomic E-state index is 3.97. The molecule has 0 saturated heterocycles. The molecule has 1 nitrogen and oxygen atoms in total. The fourth-order valence-corrected chi connectivity index (χ4v) is 1.55. The SMILES string of the molecule is C=C(C)c1cccc(CC)c1NC. The van der Waals surface area contributed by atoms with Gasteiger partial charge in [-0.3, -0.25) is 0 Å². The summed E-state index contributed by atoms with van der Waals surface area (Å²) in [6.45, 7) is 8.17. The molecule has 13 heavy (non-hydrogen) atoms. The number of hydrogen-bond acceptors (Lipinski definition) is 1. The molecule has 0 aliphatic heterocycles. The van der Waals surface area contributed by atoms with Crippen molar-refractivity contribution in [2.24, 2.45) is 0 Å². The van der Waals surface area contributed by atoms with Gasteiger partial charge in [0, 0.05) is 18.3 Å². The Bertz CT molecular complexity index is 313. The molecule has 1 rings (SSSR count). The molecule has 0 fully saturated rings. The first-order valence-corrected chi connectivity index (χ1v) is 4.66. The molecular formula is C12H17N. The number of allylic oxidation sites excluding steroid dienone is 1. The molecule has 0 saturated carbocycles. The van der Waals surface area contributed by atoms with Gasteiger partial charge in [0.2, 0.25) is 0 Å². The molecule has 70 valence electrons. The zero-order chi connectivity index (χ0) is 9.84. The third kappa shape index (κ3) is 1.92. The maximum Gasteiger partial charge on any atom is 0.0446 e. The monoisotopic (exact) mass is 175 g/mol. The molecule has 0 aliphatic carbocycles. The second-order valence-electron chi connectivity index (χ2n) is 3.22. The summed E-state index contributed by atoms with van der Waals surface area (Å²) in [6, 6.07) is 6.34. The van der Waals surface area contributed by atoms with Crippen molar-refractivity contribution < 1.29 is 0 Å². The summed E-state index contributed by atoms with van der Waals surface area (Å²) < 4.78 is 0. The van der Waals surface area contributed by atoms with Gasteiger partial charge in [-0.1, -0.05) is 31.7 Å². The van der Waals surface area contributed by atoms with E-state index in [9.17, 15) is 0 Å². The highest BCUT2D eigenvalue weighted by Crippen LogP contribution is 2.26. The van der Waals surface area contributed by atoms with E-state index in [2.05, 4.69) is 37.0 Å². The fraction of sp³-hybridized carbons (Fsp3) is 0.333. The average molecular weight is 175 g/mol. The van der Waals surface area contributed by atoms with Gasteiger partial charge < -0.3 is 5.32 Å². The molecule has 0 atom stereocenters. The van der Waals surface area contributed by atoms with Gasteiger partial charge in [0.15, 0.2) is 0 Å². The summed E-state index contributed by atoms with van der Waals surface area (Å²) >= 11 is 0. The topological polar surface area (TPSA) is 12.0 Å². The van der Waals surface area contributed by atoms with Crippen LogP contribution in [0.5, 0.6) is 0 Å². The van der Waals surface area contributed by atoms with Crippen LogP contribution < -0.4 is 5.32 Å². The van der Waals surface area contributed by atoms with E-state index in [0.29, 0.717) is 0 Å². The number of benzene rings is 1. The Hall–Kier alpha value is -1.24. The molecule has 0 heterocycles. The molecule has 0 unspecified atom stereocenters. The molecule has 0 aromatic heterocycles. The molecule has 0 bridgehead atoms. The van der Waals surface area contributed by atoms with Crippen molar-refractivity contribution in [2.45, 2.75) is 20.3 Å². The van der Waals surface area contributed by atoms with Crippen molar-refractivity contribution in [3.8, 4) is 0 Å². The lowest BCUT2D eigenvalue weighted by molar-refractivity contribution is 1.13. The quantitative estimate of drug-likeness (QED) is 0.743. The molecule has 1 aromatic rings. The Labute approximate surface area is 80.5 Å². The Morgan fingerprint density at radius 2 is 2.15 bits per heavy atom. The fourth-order valence-electron chi connectivity index (χ4n) is 1.55. The highest BCUT2D eigenvalue weighted by atomic mass is 14.8. The molecule has 0 aliphatic rings. The van der Waals surface area contributed by atoms with Gasteiger partial charge >= 0.3 is 0 Å². The van der Waals surface area contributed by atoms with Crippen LogP contribution in [-0.4, -0.2) is 7.05 Å². The Kier molecular flexibility index (Phi) is 3.13. The first-order valence-electron chi connectivity index (χ1n) is 4.66. The molecule has 1 N–H and O–H groups in total. The minimum absolute atomic E-state index is 1.05. The maximum absolute atomic E-state index is 3.97. The summed E-state index contributed by atoms with van der Waals surface area (Å²) in [5, 5.41) is 3.24. The third-order valence-electron chi connectivity index (χ3n) is 2.24. The van der Waals surface area contributed by atoms with Gasteiger partial charge in [0.1, 0.15) is 0 Å². The Morgan fingerprint density at radius 3 is 2.62 bits per heavy atom. The zero-order valence-electron chi connectivity index (χ0n) is 8.65. The summed E-state index contributed by atoms with van der Waals surface area (Å²) in [5.74, 6) is 0. The molecule has 1 aromatic carbocycles. The normalized spacial score (nSPS) is 9.77. The predicted octanol–water partition coefficient (Wildman–Crippen LogP) is 3.32. The zero-order valence-corrected chi connectivity index (χ0v) is 8.65. The lowest BCUT2D eigenvalue weighted by atomic mass is 10.0. The van der Waals surface area contributed by atoms with E-state index in [1.807, 2.05) is 14.0 Å². The number of anilines is 1. The minimum Gasteiger partial charge on any atom is -0.387 e. The smallest absolute Gasteiger partial charge is 0.0446 e. The van der Waals surface area contributed by atoms with E-state index >= 15 is 0 Å². The predicted molar refractivity (Wildman–Crippen MR) is 60.1 cm³/mol. The van der Waals surface area contributed by atoms with Gasteiger partial charge in [-0.15, -0.1) is 0 Å². The first-order chi connectivity index (χ1) is 6.20. The van der Waals surface area contributed by atoms with Crippen molar-refractivity contribution in [1.29, 1.82) is 0 Å². The van der Waals surface area contributed by atoms with Crippen LogP contribution >= 0.6 is 0 Å². The van der Waals surface area contributed by atoms with Crippen LogP contribution in [-0.2, 0) is 6.42 Å². The van der Waals surface area contributed by atoms with Crippen LogP contribution in [0.2, 0.25) is 0 Å². The number of hydrogen-bond donors (Lipinski definition) is 1. The van der Waals surface area contributed by atoms with Crippen molar-refractivity contribution in [3.05, 3.63) is 35.9 Å². The largest absolute Gasteiger partial charge is 0.387 e. The van der Waals surface area contributed by atoms with Crippen molar-refractivity contribution >= 4 is 11.3 Å². The summed E-state index contributed by atoms with van der Waals surface area (Å²) in [7, 11) is 1.96. The average Bonchev–Trinajstić information content (AvgIpc) is 2.16. The second kappa shape index (κ2) is 4.13. The molecular weight excluding hydrogens is 158 g/mol. The van der Waals surface area contributed by atoms with Gasteiger partial charge in [0.25, 0.3) is 0 Å². The van der Waals surface area contributed by atoms with Crippen LogP contribution in [0.4, 0.5) is 5.69 Å². The Morgan fingerprint density at radius 1 is 1.46 bits per heavy atom. The lowest BCUT2D eigenvalue weighted by Gasteiger charge is -2.12. The van der Waals surface area contributed by atoms with E-state index in [1.165, 1.54) is 16.8 Å². The van der Waals surface area contributed by atoms with Gasteiger partial charge in [-0.25, -0.2) is 0 Å². The number of aryl methyl sites for hydroxylation is 1. The van der Waals surface area contributed by atoms with Crippen LogP contribution in [0.15, 0.2) is 24.8 Å². The van der Waals surface area contributed by atoms with Gasteiger partial charge in [-0.05, 0) is 24.5 Å². The molecule has 0 spiro atoms. The number of rotatable bonds is 3. The summed E-state index contributed by atoms with van der Waals surface area (Å²) in [5.41, 5.74) is 4.90. The van der Waals surface area contributed by atoms with E-state index in [4.69, 9.17) is 0 Å². The molecule has 1 heteroatoms. The minimum atomic E-state index is 1.05. The van der Waals surface area contributed by atoms with E-state index < -0.39 is 0 Å². The highest BCUT2D eigenvalue weighted by Gasteiger charge is 2.04. The molecule has 0 radical (unpaired) electrons. The van der Waals surface area contributed by atoms with Crippen molar-refractivity contribution in [3.63, 3.8) is 0 Å². The van der Waals surface area contributed by atoms with Crippen molar-refractivity contribution in [1.82, 2.24) is 0 Å². The summed E-state index contributed by atoms with van der Waals surface area (Å²) in [6.07, 6.45) is 1.05. The number of nitrogens with one attached hydrogen (secondary N) is 1. The van der Waals surface area contributed by atoms with Crippen LogP contribution in [0.3, 0.4) is 0 Å². The summed E-state index contributed by atoms with van der Waals surface area (Å²) in [4.78, 5) is 0. The standard InChI is InChI=1S/C12H17N/c1-5-10-7-6-8-11(9(2)3)12(10)13-4/h6-8,13H,2,5H2,1,3-4H3. The van der Waals surface area contributed by atoms with Crippen molar-refractivity contribution in [2.75, 3.05) is 12.4 Å². The van der Waals surface area contributed by atoms with Gasteiger partial charge in [-0.2, -0.15) is 0 Å². The highest BCUT2D eigenvalue weighted by molar-refractivity contribution is 5.76. The first kappa shape index (κ1) is 9.85. The van der Waals surface area contributed by atoms with E-state index in [-0.39, 0.29) is 0 Å². The van der Waals surface area contributed by atoms with Gasteiger partial charge in [0.05, 0.1) is 0 Å². The third-order valence-corrected chi connectivity index (χ3v) is 2.24. The van der Waals surface area contributed by atoms with Crippen LogP contribution in [0, 0.1) is 0 Å². The lowest BCUT2D eigenvalue weighted by Crippen LogP contribution is -1.98. The van der Waals surface area contributed by atoms with Crippen LogP contribution in [0.1, 0.15) is 25.0 Å². The van der Waals surface area contributed by atoms with Crippen LogP contribution in [0.25, 0.3) is 5.57 Å². The second-order valence-corrected chi connectivity index (χ2v) is 3.22. The Balaban J connectivity index is 3.27. The molecule has 0 amide bonds. The van der Waals surface area contributed by atoms with E-state index in [0.717, 1.165) is 12.0 Å².